The summed E-state index contributed by atoms with van der Waals surface area (Å²) in [5.41, 5.74) is -1.32. The fourth-order valence-corrected chi connectivity index (χ4v) is 5.09. The van der Waals surface area contributed by atoms with Crippen LogP contribution in [-0.2, 0) is 4.79 Å². The summed E-state index contributed by atoms with van der Waals surface area (Å²) in [6, 6.07) is 0. The maximum absolute atomic E-state index is 14.5. The van der Waals surface area contributed by atoms with Gasteiger partial charge in [-0.15, -0.1) is 0 Å². The molecule has 0 saturated carbocycles. The number of carbonyl (C=O) groups is 1. The topological polar surface area (TPSA) is 37.3 Å². The molecule has 128 valence electrons. The second kappa shape index (κ2) is 9.96. The number of carboxylic acid groups (broad SMARTS) is 1. The molecule has 0 radical (unpaired) electrons. The van der Waals surface area contributed by atoms with Crippen molar-refractivity contribution in [3.05, 3.63) is 9.89 Å². The lowest BCUT2D eigenvalue weighted by molar-refractivity contribution is -0.142. The summed E-state index contributed by atoms with van der Waals surface area (Å²) in [4.78, 5) is 11.1. The van der Waals surface area contributed by atoms with Crippen LogP contribution in [0.1, 0.15) is 71.6 Å². The van der Waals surface area contributed by atoms with Crippen molar-refractivity contribution in [3.8, 4) is 0 Å². The number of thioether (sulfide) groups is 1. The Morgan fingerprint density at radius 2 is 2.05 bits per heavy atom. The van der Waals surface area contributed by atoms with E-state index in [4.69, 9.17) is 5.11 Å². The minimum atomic E-state index is -0.909. The predicted octanol–water partition coefficient (Wildman–Crippen LogP) is 6.50. The van der Waals surface area contributed by atoms with E-state index in [1.807, 2.05) is 13.0 Å². The third-order valence-electron chi connectivity index (χ3n) is 4.60. The van der Waals surface area contributed by atoms with Gasteiger partial charge in [0.25, 0.3) is 0 Å². The van der Waals surface area contributed by atoms with Crippen LogP contribution in [0.15, 0.2) is 9.89 Å². The van der Waals surface area contributed by atoms with E-state index in [0.717, 1.165) is 35.9 Å². The van der Waals surface area contributed by atoms with Crippen LogP contribution >= 0.6 is 27.7 Å². The Bertz CT molecular complexity index is 389. The minimum Gasteiger partial charge on any atom is -0.481 e. The first kappa shape index (κ1) is 20.0. The Morgan fingerprint density at radius 1 is 1.36 bits per heavy atom. The molecule has 5 heteroatoms. The van der Waals surface area contributed by atoms with Crippen molar-refractivity contribution in [2.45, 2.75) is 77.1 Å². The summed E-state index contributed by atoms with van der Waals surface area (Å²) in [6.45, 7) is 4.08. The molecule has 0 bridgehead atoms. The predicted molar refractivity (Wildman–Crippen MR) is 96.0 cm³/mol. The second-order valence-electron chi connectivity index (χ2n) is 6.26. The third kappa shape index (κ3) is 5.88. The van der Waals surface area contributed by atoms with E-state index in [1.54, 1.807) is 0 Å². The van der Waals surface area contributed by atoms with E-state index in [-0.39, 0.29) is 5.92 Å². The van der Waals surface area contributed by atoms with Crippen LogP contribution in [0.2, 0.25) is 0 Å². The molecule has 1 aliphatic rings. The van der Waals surface area contributed by atoms with Gasteiger partial charge in [0, 0.05) is 9.23 Å². The molecule has 3 atom stereocenters. The number of aliphatic carboxylic acids is 1. The lowest BCUT2D eigenvalue weighted by atomic mass is 9.78. The molecule has 0 aliphatic carbocycles. The SMILES string of the molecule is CCCCCCC1(CCCC(CC)C(=O)O)C=C(Br)SC1F. The average molecular weight is 395 g/mol. The second-order valence-corrected chi connectivity index (χ2v) is 8.73. The zero-order valence-electron chi connectivity index (χ0n) is 13.6. The zero-order chi connectivity index (χ0) is 16.6. The monoisotopic (exact) mass is 394 g/mol. The van der Waals surface area contributed by atoms with Gasteiger partial charge in [0.15, 0.2) is 5.50 Å². The molecular weight excluding hydrogens is 367 g/mol. The van der Waals surface area contributed by atoms with Crippen LogP contribution in [-0.4, -0.2) is 16.6 Å². The molecule has 2 nitrogen and oxygen atoms in total. The number of alkyl halides is 1. The van der Waals surface area contributed by atoms with E-state index in [9.17, 15) is 9.18 Å². The van der Waals surface area contributed by atoms with Crippen LogP contribution in [0.3, 0.4) is 0 Å². The molecule has 0 fully saturated rings. The first-order valence-electron chi connectivity index (χ1n) is 8.37. The van der Waals surface area contributed by atoms with Crippen LogP contribution in [0, 0.1) is 11.3 Å². The quantitative estimate of drug-likeness (QED) is 0.406. The van der Waals surface area contributed by atoms with E-state index in [1.165, 1.54) is 24.6 Å². The molecular formula is C17H28BrFO2S. The Hall–Kier alpha value is -0.0300. The van der Waals surface area contributed by atoms with Crippen LogP contribution in [0.4, 0.5) is 4.39 Å². The number of halogens is 2. The molecule has 0 amide bonds. The molecule has 1 aliphatic heterocycles. The van der Waals surface area contributed by atoms with Gasteiger partial charge in [0.05, 0.1) is 5.92 Å². The fourth-order valence-electron chi connectivity index (χ4n) is 3.10. The van der Waals surface area contributed by atoms with Gasteiger partial charge < -0.3 is 5.11 Å². The summed E-state index contributed by atoms with van der Waals surface area (Å²) in [6.07, 6.45) is 10.3. The Morgan fingerprint density at radius 3 is 2.55 bits per heavy atom. The van der Waals surface area contributed by atoms with Gasteiger partial charge >= 0.3 is 5.97 Å². The van der Waals surface area contributed by atoms with Gasteiger partial charge in [-0.1, -0.05) is 63.8 Å². The van der Waals surface area contributed by atoms with Crippen molar-refractivity contribution in [2.75, 3.05) is 0 Å². The van der Waals surface area contributed by atoms with Gasteiger partial charge in [0.2, 0.25) is 0 Å². The maximum atomic E-state index is 14.5. The number of allylic oxidation sites excluding steroid dienone is 1. The molecule has 1 rings (SSSR count). The fraction of sp³-hybridized carbons (Fsp3) is 0.824. The number of carboxylic acids is 1. The van der Waals surface area contributed by atoms with E-state index in [0.29, 0.717) is 12.8 Å². The average Bonchev–Trinajstić information content (AvgIpc) is 2.74. The molecule has 3 unspecified atom stereocenters. The normalized spacial score (nSPS) is 26.0. The van der Waals surface area contributed by atoms with Crippen LogP contribution < -0.4 is 0 Å². The number of rotatable bonds is 11. The summed E-state index contributed by atoms with van der Waals surface area (Å²) >= 11 is 4.68. The van der Waals surface area contributed by atoms with Gasteiger partial charge in [-0.3, -0.25) is 4.79 Å². The zero-order valence-corrected chi connectivity index (χ0v) is 16.0. The van der Waals surface area contributed by atoms with Gasteiger partial charge in [-0.2, -0.15) is 0 Å². The van der Waals surface area contributed by atoms with Gasteiger partial charge in [-0.25, -0.2) is 4.39 Å². The molecule has 1 N–H and O–H groups in total. The lowest BCUT2D eigenvalue weighted by Crippen LogP contribution is -2.26. The van der Waals surface area contributed by atoms with Crippen LogP contribution in [0.5, 0.6) is 0 Å². The maximum Gasteiger partial charge on any atom is 0.306 e. The number of hydrogen-bond donors (Lipinski definition) is 1. The van der Waals surface area contributed by atoms with E-state index >= 15 is 0 Å². The molecule has 0 aromatic carbocycles. The van der Waals surface area contributed by atoms with Crippen LogP contribution in [0.25, 0.3) is 0 Å². The van der Waals surface area contributed by atoms with Crippen molar-refractivity contribution >= 4 is 33.7 Å². The van der Waals surface area contributed by atoms with Crippen molar-refractivity contribution in [2.24, 2.45) is 11.3 Å². The summed E-state index contributed by atoms with van der Waals surface area (Å²) < 4.78 is 15.4. The van der Waals surface area contributed by atoms with Crippen molar-refractivity contribution in [3.63, 3.8) is 0 Å². The highest BCUT2D eigenvalue weighted by Gasteiger charge is 2.42. The first-order chi connectivity index (χ1) is 10.4. The van der Waals surface area contributed by atoms with E-state index < -0.39 is 16.9 Å². The summed E-state index contributed by atoms with van der Waals surface area (Å²) in [5, 5.41) is 9.13. The van der Waals surface area contributed by atoms with E-state index in [2.05, 4.69) is 22.9 Å². The highest BCUT2D eigenvalue weighted by molar-refractivity contribution is 9.14. The smallest absolute Gasteiger partial charge is 0.306 e. The number of hydrogen-bond acceptors (Lipinski definition) is 2. The van der Waals surface area contributed by atoms with Gasteiger partial charge in [0.1, 0.15) is 0 Å². The Kier molecular flexibility index (Phi) is 9.07. The first-order valence-corrected chi connectivity index (χ1v) is 10.0. The summed E-state index contributed by atoms with van der Waals surface area (Å²) in [5.74, 6) is -1.02. The summed E-state index contributed by atoms with van der Waals surface area (Å²) in [7, 11) is 0. The highest BCUT2D eigenvalue weighted by Crippen LogP contribution is 2.53. The largest absolute Gasteiger partial charge is 0.481 e. The molecule has 0 aromatic heterocycles. The lowest BCUT2D eigenvalue weighted by Gasteiger charge is -2.30. The van der Waals surface area contributed by atoms with Gasteiger partial charge in [-0.05, 0) is 41.6 Å². The molecule has 1 heterocycles. The third-order valence-corrected chi connectivity index (χ3v) is 6.41. The Labute approximate surface area is 146 Å². The molecule has 0 spiro atoms. The van der Waals surface area contributed by atoms with Crippen molar-refractivity contribution in [1.29, 1.82) is 0 Å². The van der Waals surface area contributed by atoms with Crippen molar-refractivity contribution in [1.82, 2.24) is 0 Å². The molecule has 0 aromatic rings. The minimum absolute atomic E-state index is 0.295. The van der Waals surface area contributed by atoms with Crippen molar-refractivity contribution < 1.29 is 14.3 Å². The highest BCUT2D eigenvalue weighted by atomic mass is 79.9. The number of unbranched alkanes of at least 4 members (excludes halogenated alkanes) is 3. The standard InChI is InChI=1S/C17H28BrFO2S/c1-3-5-6-7-10-17(12-14(18)22-16(17)19)11-8-9-13(4-2)15(20)21/h12-13,16H,3-11H2,1-2H3,(H,20,21). The molecule has 22 heavy (non-hydrogen) atoms. The molecule has 0 saturated heterocycles. The Balaban J connectivity index is 2.58.